The molecule has 2 saturated heterocycles. The number of halogens is 1. The summed E-state index contributed by atoms with van der Waals surface area (Å²) < 4.78 is 0. The lowest BCUT2D eigenvalue weighted by Crippen LogP contribution is -2.32. The maximum absolute atomic E-state index is 12.2. The van der Waals surface area contributed by atoms with E-state index in [1.807, 2.05) is 23.1 Å². The van der Waals surface area contributed by atoms with E-state index >= 15 is 0 Å². The molecule has 1 aromatic carbocycles. The van der Waals surface area contributed by atoms with Gasteiger partial charge in [0.25, 0.3) is 0 Å². The van der Waals surface area contributed by atoms with E-state index in [0.29, 0.717) is 10.9 Å². The van der Waals surface area contributed by atoms with Gasteiger partial charge in [0.2, 0.25) is 0 Å². The average molecular weight is 308 g/mol. The van der Waals surface area contributed by atoms with E-state index in [-0.39, 0.29) is 6.03 Å². The maximum atomic E-state index is 12.2. The van der Waals surface area contributed by atoms with Crippen molar-refractivity contribution < 1.29 is 4.79 Å². The summed E-state index contributed by atoms with van der Waals surface area (Å²) in [5.41, 5.74) is 1.84. The second kappa shape index (κ2) is 6.14. The number of hydrogen-bond acceptors (Lipinski definition) is 2. The summed E-state index contributed by atoms with van der Waals surface area (Å²) in [5, 5.41) is 3.66. The molecule has 0 bridgehead atoms. The highest BCUT2D eigenvalue weighted by Crippen LogP contribution is 2.31. The molecule has 21 heavy (non-hydrogen) atoms. The minimum atomic E-state index is -0.0238. The molecule has 2 heterocycles. The Morgan fingerprint density at radius 3 is 2.67 bits per heavy atom. The molecule has 0 aromatic heterocycles. The fourth-order valence-electron chi connectivity index (χ4n) is 3.12. The molecule has 2 aliphatic rings. The molecule has 3 rings (SSSR count). The Morgan fingerprint density at radius 2 is 2.05 bits per heavy atom. The Labute approximate surface area is 131 Å². The Hall–Kier alpha value is -1.42. The number of nitrogens with zero attached hydrogens (tertiary/aromatic N) is 2. The fourth-order valence-corrected chi connectivity index (χ4v) is 3.42. The standard InChI is InChI=1S/C16H22ClN3O/c1-12-6-9-20(11-12)16(21)18-13-4-5-15(14(17)10-13)19-7-2-3-8-19/h4-5,10,12H,2-3,6-9,11H2,1H3,(H,18,21). The number of carbonyl (C=O) groups excluding carboxylic acids is 1. The van der Waals surface area contributed by atoms with Crippen molar-refractivity contribution >= 4 is 29.0 Å². The van der Waals surface area contributed by atoms with Gasteiger partial charge in [-0.15, -0.1) is 0 Å². The Balaban J connectivity index is 1.66. The van der Waals surface area contributed by atoms with Gasteiger partial charge in [-0.1, -0.05) is 18.5 Å². The van der Waals surface area contributed by atoms with Crippen molar-refractivity contribution in [2.45, 2.75) is 26.2 Å². The zero-order valence-corrected chi connectivity index (χ0v) is 13.2. The molecule has 2 aliphatic heterocycles. The quantitative estimate of drug-likeness (QED) is 0.901. The highest BCUT2D eigenvalue weighted by atomic mass is 35.5. The number of benzene rings is 1. The zero-order chi connectivity index (χ0) is 14.8. The molecular weight excluding hydrogens is 286 g/mol. The van der Waals surface area contributed by atoms with Crippen LogP contribution in [0.4, 0.5) is 16.2 Å². The predicted molar refractivity (Wildman–Crippen MR) is 87.3 cm³/mol. The number of urea groups is 1. The summed E-state index contributed by atoms with van der Waals surface area (Å²) in [6, 6.07) is 5.78. The minimum absolute atomic E-state index is 0.0238. The zero-order valence-electron chi connectivity index (χ0n) is 12.4. The van der Waals surface area contributed by atoms with Crippen molar-refractivity contribution in [3.63, 3.8) is 0 Å². The van der Waals surface area contributed by atoms with Crippen LogP contribution in [0.25, 0.3) is 0 Å². The number of likely N-dealkylation sites (tertiary alicyclic amines) is 1. The van der Waals surface area contributed by atoms with Crippen LogP contribution in [0.5, 0.6) is 0 Å². The van der Waals surface area contributed by atoms with Gasteiger partial charge in [-0.2, -0.15) is 0 Å². The van der Waals surface area contributed by atoms with Crippen LogP contribution in [-0.2, 0) is 0 Å². The number of amides is 2. The minimum Gasteiger partial charge on any atom is -0.370 e. The van der Waals surface area contributed by atoms with Gasteiger partial charge in [-0.05, 0) is 43.4 Å². The van der Waals surface area contributed by atoms with E-state index in [0.717, 1.165) is 44.0 Å². The van der Waals surface area contributed by atoms with Gasteiger partial charge in [0.1, 0.15) is 0 Å². The molecule has 1 aromatic rings. The van der Waals surface area contributed by atoms with Gasteiger partial charge in [0, 0.05) is 31.9 Å². The Bertz CT molecular complexity index is 528. The van der Waals surface area contributed by atoms with Gasteiger partial charge in [-0.25, -0.2) is 4.79 Å². The van der Waals surface area contributed by atoms with Crippen LogP contribution in [0.3, 0.4) is 0 Å². The Kier molecular flexibility index (Phi) is 4.24. The molecule has 2 amide bonds. The summed E-state index contributed by atoms with van der Waals surface area (Å²) in [6.45, 7) is 5.99. The second-order valence-corrected chi connectivity index (χ2v) is 6.54. The van der Waals surface area contributed by atoms with E-state index in [2.05, 4.69) is 17.1 Å². The Morgan fingerprint density at radius 1 is 1.29 bits per heavy atom. The van der Waals surface area contributed by atoms with Crippen LogP contribution in [0.15, 0.2) is 18.2 Å². The van der Waals surface area contributed by atoms with E-state index in [1.165, 1.54) is 12.8 Å². The molecule has 2 fully saturated rings. The molecule has 1 atom stereocenters. The first-order valence-corrected chi connectivity index (χ1v) is 8.12. The van der Waals surface area contributed by atoms with Crippen LogP contribution in [-0.4, -0.2) is 37.1 Å². The third kappa shape index (κ3) is 3.26. The van der Waals surface area contributed by atoms with Crippen molar-refractivity contribution in [1.29, 1.82) is 0 Å². The second-order valence-electron chi connectivity index (χ2n) is 6.13. The first-order valence-electron chi connectivity index (χ1n) is 7.74. The molecule has 0 saturated carbocycles. The third-order valence-electron chi connectivity index (χ3n) is 4.36. The highest BCUT2D eigenvalue weighted by molar-refractivity contribution is 6.33. The number of hydrogen-bond donors (Lipinski definition) is 1. The van der Waals surface area contributed by atoms with Gasteiger partial charge < -0.3 is 15.1 Å². The SMILES string of the molecule is CC1CCN(C(=O)Nc2ccc(N3CCCC3)c(Cl)c2)C1. The van der Waals surface area contributed by atoms with E-state index < -0.39 is 0 Å². The topological polar surface area (TPSA) is 35.6 Å². The first kappa shape index (κ1) is 14.5. The van der Waals surface area contributed by atoms with Crippen LogP contribution in [0.1, 0.15) is 26.2 Å². The van der Waals surface area contributed by atoms with Gasteiger partial charge in [-0.3, -0.25) is 0 Å². The molecule has 5 heteroatoms. The molecular formula is C16H22ClN3O. The lowest BCUT2D eigenvalue weighted by molar-refractivity contribution is 0.221. The number of nitrogens with one attached hydrogen (secondary N) is 1. The molecule has 114 valence electrons. The molecule has 0 aliphatic carbocycles. The molecule has 1 N–H and O–H groups in total. The van der Waals surface area contributed by atoms with Crippen molar-refractivity contribution in [2.24, 2.45) is 5.92 Å². The largest absolute Gasteiger partial charge is 0.370 e. The smallest absolute Gasteiger partial charge is 0.321 e. The summed E-state index contributed by atoms with van der Waals surface area (Å²) in [5.74, 6) is 0.594. The van der Waals surface area contributed by atoms with Crippen LogP contribution in [0, 0.1) is 5.92 Å². The monoisotopic (exact) mass is 307 g/mol. The predicted octanol–water partition coefficient (Wildman–Crippen LogP) is 3.81. The number of anilines is 2. The average Bonchev–Trinajstić information content (AvgIpc) is 3.10. The summed E-state index contributed by atoms with van der Waals surface area (Å²) in [7, 11) is 0. The normalized spacial score (nSPS) is 21.9. The number of carbonyl (C=O) groups is 1. The molecule has 1 unspecified atom stereocenters. The molecule has 0 spiro atoms. The van der Waals surface area contributed by atoms with Gasteiger partial charge >= 0.3 is 6.03 Å². The van der Waals surface area contributed by atoms with Crippen LogP contribution < -0.4 is 10.2 Å². The van der Waals surface area contributed by atoms with E-state index in [1.54, 1.807) is 0 Å². The van der Waals surface area contributed by atoms with E-state index in [4.69, 9.17) is 11.6 Å². The van der Waals surface area contributed by atoms with Crippen LogP contribution in [0.2, 0.25) is 5.02 Å². The van der Waals surface area contributed by atoms with Gasteiger partial charge in [0.05, 0.1) is 10.7 Å². The third-order valence-corrected chi connectivity index (χ3v) is 4.66. The molecule has 4 nitrogen and oxygen atoms in total. The highest BCUT2D eigenvalue weighted by Gasteiger charge is 2.23. The lowest BCUT2D eigenvalue weighted by Gasteiger charge is -2.21. The molecule has 0 radical (unpaired) electrons. The fraction of sp³-hybridized carbons (Fsp3) is 0.562. The van der Waals surface area contributed by atoms with E-state index in [9.17, 15) is 4.79 Å². The summed E-state index contributed by atoms with van der Waals surface area (Å²) in [4.78, 5) is 16.3. The lowest BCUT2D eigenvalue weighted by atomic mass is 10.2. The first-order chi connectivity index (χ1) is 10.1. The van der Waals surface area contributed by atoms with Crippen molar-refractivity contribution in [2.75, 3.05) is 36.4 Å². The van der Waals surface area contributed by atoms with Crippen molar-refractivity contribution in [1.82, 2.24) is 4.90 Å². The van der Waals surface area contributed by atoms with Crippen molar-refractivity contribution in [3.05, 3.63) is 23.2 Å². The van der Waals surface area contributed by atoms with Crippen molar-refractivity contribution in [3.8, 4) is 0 Å². The maximum Gasteiger partial charge on any atom is 0.321 e. The number of rotatable bonds is 2. The summed E-state index contributed by atoms with van der Waals surface area (Å²) >= 11 is 6.37. The van der Waals surface area contributed by atoms with Crippen LogP contribution >= 0.6 is 11.6 Å². The van der Waals surface area contributed by atoms with Gasteiger partial charge in [0.15, 0.2) is 0 Å². The summed E-state index contributed by atoms with van der Waals surface area (Å²) in [6.07, 6.45) is 3.53.